The standard InChI is InChI=1S/C12H10ClFN4O3/c1-2-21-11(19)4-3-7-5-10(9(14)6-8(7)13)18-12(20)15-16-17-18/h3-6H,2H2,1H3,(H,15,17,20). The lowest BCUT2D eigenvalue weighted by atomic mass is 10.1. The second kappa shape index (κ2) is 6.31. The molecule has 2 aromatic rings. The van der Waals surface area contributed by atoms with Gasteiger partial charge >= 0.3 is 11.7 Å². The molecule has 110 valence electrons. The topological polar surface area (TPSA) is 89.9 Å². The van der Waals surface area contributed by atoms with E-state index < -0.39 is 17.5 Å². The van der Waals surface area contributed by atoms with Gasteiger partial charge in [-0.1, -0.05) is 11.6 Å². The zero-order chi connectivity index (χ0) is 15.4. The number of aromatic nitrogens is 4. The summed E-state index contributed by atoms with van der Waals surface area (Å²) >= 11 is 5.89. The Morgan fingerprint density at radius 3 is 2.95 bits per heavy atom. The Labute approximate surface area is 123 Å². The Kier molecular flexibility index (Phi) is 4.49. The molecule has 2 rings (SSSR count). The number of carbonyl (C=O) groups is 1. The third-order valence-electron chi connectivity index (χ3n) is 2.45. The molecule has 0 atom stereocenters. The lowest BCUT2D eigenvalue weighted by molar-refractivity contribution is -0.137. The largest absolute Gasteiger partial charge is 0.463 e. The number of hydrogen-bond acceptors (Lipinski definition) is 5. The zero-order valence-electron chi connectivity index (χ0n) is 10.8. The van der Waals surface area contributed by atoms with Gasteiger partial charge in [0.05, 0.1) is 11.6 Å². The number of carbonyl (C=O) groups excluding carboxylic acids is 1. The number of nitrogens with one attached hydrogen (secondary N) is 1. The van der Waals surface area contributed by atoms with Crippen molar-refractivity contribution in [3.8, 4) is 5.69 Å². The van der Waals surface area contributed by atoms with Crippen LogP contribution in [0.1, 0.15) is 12.5 Å². The number of benzene rings is 1. The summed E-state index contributed by atoms with van der Waals surface area (Å²) in [5.41, 5.74) is -0.505. The highest BCUT2D eigenvalue weighted by atomic mass is 35.5. The van der Waals surface area contributed by atoms with Crippen LogP contribution in [-0.2, 0) is 9.53 Å². The number of hydrogen-bond donors (Lipinski definition) is 1. The summed E-state index contributed by atoms with van der Waals surface area (Å²) < 4.78 is 19.3. The van der Waals surface area contributed by atoms with Gasteiger partial charge in [-0.25, -0.2) is 19.1 Å². The summed E-state index contributed by atoms with van der Waals surface area (Å²) in [7, 11) is 0. The summed E-state index contributed by atoms with van der Waals surface area (Å²) in [6.45, 7) is 1.91. The highest BCUT2D eigenvalue weighted by Gasteiger charge is 2.12. The van der Waals surface area contributed by atoms with Crippen LogP contribution in [0, 0.1) is 5.82 Å². The number of nitrogens with zero attached hydrogens (tertiary/aromatic N) is 3. The number of ether oxygens (including phenoxy) is 1. The highest BCUT2D eigenvalue weighted by Crippen LogP contribution is 2.23. The molecule has 1 aromatic carbocycles. The average Bonchev–Trinajstić information content (AvgIpc) is 2.84. The van der Waals surface area contributed by atoms with Crippen molar-refractivity contribution < 1.29 is 13.9 Å². The van der Waals surface area contributed by atoms with E-state index in [1.54, 1.807) is 6.92 Å². The number of esters is 1. The van der Waals surface area contributed by atoms with Crippen LogP contribution in [0.15, 0.2) is 23.0 Å². The van der Waals surface area contributed by atoms with Crippen LogP contribution in [-0.4, -0.2) is 32.8 Å². The van der Waals surface area contributed by atoms with Crippen molar-refractivity contribution in [3.63, 3.8) is 0 Å². The van der Waals surface area contributed by atoms with Crippen molar-refractivity contribution in [3.05, 3.63) is 45.1 Å². The van der Waals surface area contributed by atoms with Crippen molar-refractivity contribution in [1.82, 2.24) is 20.2 Å². The van der Waals surface area contributed by atoms with Gasteiger partial charge in [0.2, 0.25) is 0 Å². The minimum Gasteiger partial charge on any atom is -0.463 e. The number of aromatic amines is 1. The monoisotopic (exact) mass is 312 g/mol. The van der Waals surface area contributed by atoms with E-state index in [1.807, 2.05) is 5.10 Å². The van der Waals surface area contributed by atoms with E-state index >= 15 is 0 Å². The minimum atomic E-state index is -0.746. The fraction of sp³-hybridized carbons (Fsp3) is 0.167. The Bertz CT molecular complexity index is 753. The minimum absolute atomic E-state index is 0.0772. The Balaban J connectivity index is 2.42. The van der Waals surface area contributed by atoms with Crippen molar-refractivity contribution in [2.24, 2.45) is 0 Å². The summed E-state index contributed by atoms with van der Waals surface area (Å²) in [4.78, 5) is 22.7. The second-order valence-electron chi connectivity index (χ2n) is 3.83. The second-order valence-corrected chi connectivity index (χ2v) is 4.24. The van der Waals surface area contributed by atoms with E-state index in [9.17, 15) is 14.0 Å². The molecule has 1 N–H and O–H groups in total. The summed E-state index contributed by atoms with van der Waals surface area (Å²) in [6.07, 6.45) is 2.51. The lowest BCUT2D eigenvalue weighted by Gasteiger charge is -2.05. The molecule has 0 bridgehead atoms. The molecular formula is C12H10ClFN4O3. The molecule has 0 aliphatic heterocycles. The number of halogens is 2. The molecule has 1 aromatic heterocycles. The quantitative estimate of drug-likeness (QED) is 0.679. The Morgan fingerprint density at radius 2 is 2.33 bits per heavy atom. The molecule has 0 saturated carbocycles. The molecule has 21 heavy (non-hydrogen) atoms. The molecular weight excluding hydrogens is 303 g/mol. The van der Waals surface area contributed by atoms with E-state index in [-0.39, 0.29) is 17.3 Å². The summed E-state index contributed by atoms with van der Waals surface area (Å²) in [5.74, 6) is -1.30. The molecule has 0 fully saturated rings. The SMILES string of the molecule is CCOC(=O)C=Cc1cc(-n2nn[nH]c2=O)c(F)cc1Cl. The zero-order valence-corrected chi connectivity index (χ0v) is 11.6. The van der Waals surface area contributed by atoms with Crippen LogP contribution >= 0.6 is 11.6 Å². The fourth-order valence-electron chi connectivity index (χ4n) is 1.55. The first-order valence-electron chi connectivity index (χ1n) is 5.87. The molecule has 7 nitrogen and oxygen atoms in total. The van der Waals surface area contributed by atoms with Gasteiger partial charge in [-0.15, -0.1) is 0 Å². The molecule has 0 unspecified atom stereocenters. The molecule has 0 aliphatic carbocycles. The number of rotatable bonds is 4. The molecule has 0 radical (unpaired) electrons. The van der Waals surface area contributed by atoms with E-state index in [0.29, 0.717) is 5.56 Å². The van der Waals surface area contributed by atoms with Gasteiger partial charge in [0.15, 0.2) is 5.82 Å². The first-order chi connectivity index (χ1) is 10.0. The Hall–Kier alpha value is -2.48. The van der Waals surface area contributed by atoms with Crippen molar-refractivity contribution in [2.75, 3.05) is 6.61 Å². The van der Waals surface area contributed by atoms with E-state index in [0.717, 1.165) is 16.8 Å². The first kappa shape index (κ1) is 14.9. The molecule has 0 saturated heterocycles. The average molecular weight is 313 g/mol. The van der Waals surface area contributed by atoms with Crippen LogP contribution in [0.3, 0.4) is 0 Å². The van der Waals surface area contributed by atoms with Gasteiger partial charge in [-0.2, -0.15) is 4.68 Å². The van der Waals surface area contributed by atoms with Gasteiger partial charge in [-0.3, -0.25) is 0 Å². The van der Waals surface area contributed by atoms with E-state index in [4.69, 9.17) is 16.3 Å². The van der Waals surface area contributed by atoms with Crippen LogP contribution < -0.4 is 5.69 Å². The number of H-pyrrole nitrogens is 1. The van der Waals surface area contributed by atoms with Crippen molar-refractivity contribution in [1.29, 1.82) is 0 Å². The summed E-state index contributed by atoms with van der Waals surface area (Å²) in [5, 5.41) is 8.84. The van der Waals surface area contributed by atoms with Crippen LogP contribution in [0.5, 0.6) is 0 Å². The maximum Gasteiger partial charge on any atom is 0.365 e. The Morgan fingerprint density at radius 1 is 1.57 bits per heavy atom. The van der Waals surface area contributed by atoms with E-state index in [2.05, 4.69) is 10.4 Å². The predicted octanol–water partition coefficient (Wildman–Crippen LogP) is 1.32. The molecule has 0 aliphatic rings. The van der Waals surface area contributed by atoms with Gasteiger partial charge in [-0.05, 0) is 41.1 Å². The normalized spacial score (nSPS) is 11.0. The van der Waals surface area contributed by atoms with E-state index in [1.165, 1.54) is 12.1 Å². The third-order valence-corrected chi connectivity index (χ3v) is 2.78. The number of tetrazole rings is 1. The third kappa shape index (κ3) is 3.34. The summed E-state index contributed by atoms with van der Waals surface area (Å²) in [6, 6.07) is 2.29. The molecule has 1 heterocycles. The predicted molar refractivity (Wildman–Crippen MR) is 72.6 cm³/mol. The van der Waals surface area contributed by atoms with Gasteiger partial charge < -0.3 is 4.74 Å². The maximum atomic E-state index is 13.9. The molecule has 0 amide bonds. The van der Waals surface area contributed by atoms with Gasteiger partial charge in [0.1, 0.15) is 5.69 Å². The molecule has 0 spiro atoms. The lowest BCUT2D eigenvalue weighted by Crippen LogP contribution is -2.17. The first-order valence-corrected chi connectivity index (χ1v) is 6.25. The maximum absolute atomic E-state index is 13.9. The van der Waals surface area contributed by atoms with Crippen LogP contribution in [0.25, 0.3) is 11.8 Å². The molecule has 9 heteroatoms. The van der Waals surface area contributed by atoms with Crippen LogP contribution in [0.4, 0.5) is 4.39 Å². The van der Waals surface area contributed by atoms with Crippen molar-refractivity contribution >= 4 is 23.6 Å². The smallest absolute Gasteiger partial charge is 0.365 e. The van der Waals surface area contributed by atoms with Crippen LogP contribution in [0.2, 0.25) is 5.02 Å². The van der Waals surface area contributed by atoms with Gasteiger partial charge in [0, 0.05) is 6.08 Å². The fourth-order valence-corrected chi connectivity index (χ4v) is 1.76. The van der Waals surface area contributed by atoms with Crippen molar-refractivity contribution in [2.45, 2.75) is 6.92 Å². The highest BCUT2D eigenvalue weighted by molar-refractivity contribution is 6.32. The van der Waals surface area contributed by atoms with Gasteiger partial charge in [0.25, 0.3) is 0 Å².